The standard InChI is InChI=1S/C21H38O6/c1-2-3-4-5-7-10-13-17(22)19(24)16-20(25)18(23)14-11-8-6-9-12-15-21(26)27/h4-5,7,10,17-20,22-25H,2-3,6,8-9,11-16H2,1H3,(H,26,27). The highest BCUT2D eigenvalue weighted by Gasteiger charge is 2.23. The summed E-state index contributed by atoms with van der Waals surface area (Å²) in [7, 11) is 0. The van der Waals surface area contributed by atoms with Crippen LogP contribution in [0.5, 0.6) is 0 Å². The average Bonchev–Trinajstić information content (AvgIpc) is 2.62. The van der Waals surface area contributed by atoms with E-state index in [0.29, 0.717) is 12.8 Å². The van der Waals surface area contributed by atoms with E-state index < -0.39 is 30.4 Å². The maximum Gasteiger partial charge on any atom is 0.303 e. The molecule has 0 aromatic carbocycles. The number of allylic oxidation sites excluding steroid dienone is 3. The van der Waals surface area contributed by atoms with Gasteiger partial charge in [-0.25, -0.2) is 0 Å². The van der Waals surface area contributed by atoms with Crippen molar-refractivity contribution in [3.05, 3.63) is 24.3 Å². The van der Waals surface area contributed by atoms with Crippen LogP contribution in [0.3, 0.4) is 0 Å². The molecule has 0 radical (unpaired) electrons. The molecule has 0 spiro atoms. The van der Waals surface area contributed by atoms with Gasteiger partial charge >= 0.3 is 5.97 Å². The number of carboxylic acid groups (broad SMARTS) is 1. The normalized spacial score (nSPS) is 16.6. The molecule has 6 nitrogen and oxygen atoms in total. The highest BCUT2D eigenvalue weighted by atomic mass is 16.4. The van der Waals surface area contributed by atoms with Crippen LogP contribution in [0.1, 0.15) is 77.6 Å². The second-order valence-electron chi connectivity index (χ2n) is 7.09. The number of aliphatic hydroxyl groups is 4. The Hall–Kier alpha value is -1.21. The van der Waals surface area contributed by atoms with Crippen molar-refractivity contribution in [3.8, 4) is 0 Å². The number of hydrogen-bond donors (Lipinski definition) is 5. The van der Waals surface area contributed by atoms with Crippen LogP contribution in [0.2, 0.25) is 0 Å². The molecule has 0 aromatic rings. The molecule has 5 N–H and O–H groups in total. The Morgan fingerprint density at radius 1 is 0.815 bits per heavy atom. The number of carbonyl (C=O) groups is 1. The first kappa shape index (κ1) is 25.8. The van der Waals surface area contributed by atoms with Gasteiger partial charge in [-0.3, -0.25) is 4.79 Å². The van der Waals surface area contributed by atoms with E-state index in [1.54, 1.807) is 6.08 Å². The minimum absolute atomic E-state index is 0.0690. The van der Waals surface area contributed by atoms with Crippen LogP contribution in [0, 0.1) is 0 Å². The molecule has 0 aliphatic carbocycles. The summed E-state index contributed by atoms with van der Waals surface area (Å²) < 4.78 is 0. The van der Waals surface area contributed by atoms with Crippen LogP contribution in [-0.4, -0.2) is 55.9 Å². The van der Waals surface area contributed by atoms with E-state index in [-0.39, 0.29) is 19.3 Å². The van der Waals surface area contributed by atoms with Crippen LogP contribution in [0.4, 0.5) is 0 Å². The molecule has 158 valence electrons. The predicted molar refractivity (Wildman–Crippen MR) is 106 cm³/mol. The van der Waals surface area contributed by atoms with Crippen LogP contribution < -0.4 is 0 Å². The molecule has 0 rings (SSSR count). The summed E-state index contributed by atoms with van der Waals surface area (Å²) >= 11 is 0. The van der Waals surface area contributed by atoms with Crippen molar-refractivity contribution in [1.29, 1.82) is 0 Å². The van der Waals surface area contributed by atoms with Crippen LogP contribution >= 0.6 is 0 Å². The van der Waals surface area contributed by atoms with Gasteiger partial charge in [0.1, 0.15) is 0 Å². The summed E-state index contributed by atoms with van der Waals surface area (Å²) in [4.78, 5) is 10.4. The summed E-state index contributed by atoms with van der Waals surface area (Å²) in [6, 6.07) is 0. The lowest BCUT2D eigenvalue weighted by Crippen LogP contribution is -2.35. The largest absolute Gasteiger partial charge is 0.481 e. The molecule has 0 heterocycles. The van der Waals surface area contributed by atoms with E-state index in [4.69, 9.17) is 5.11 Å². The first-order chi connectivity index (χ1) is 12.9. The topological polar surface area (TPSA) is 118 Å². The second kappa shape index (κ2) is 16.9. The van der Waals surface area contributed by atoms with E-state index in [9.17, 15) is 25.2 Å². The first-order valence-electron chi connectivity index (χ1n) is 10.1. The van der Waals surface area contributed by atoms with E-state index >= 15 is 0 Å². The molecule has 0 fully saturated rings. The molecule has 0 amide bonds. The summed E-state index contributed by atoms with van der Waals surface area (Å²) in [6.45, 7) is 2.09. The fourth-order valence-corrected chi connectivity index (χ4v) is 2.71. The fourth-order valence-electron chi connectivity index (χ4n) is 2.71. The van der Waals surface area contributed by atoms with Crippen LogP contribution in [-0.2, 0) is 4.79 Å². The second-order valence-corrected chi connectivity index (χ2v) is 7.09. The van der Waals surface area contributed by atoms with Gasteiger partial charge in [-0.1, -0.05) is 63.3 Å². The van der Waals surface area contributed by atoms with Gasteiger partial charge in [0.15, 0.2) is 0 Å². The number of hydrogen-bond acceptors (Lipinski definition) is 5. The molecule has 4 unspecified atom stereocenters. The van der Waals surface area contributed by atoms with Gasteiger partial charge in [-0.2, -0.15) is 0 Å². The Balaban J connectivity index is 3.88. The van der Waals surface area contributed by atoms with Crippen LogP contribution in [0.25, 0.3) is 0 Å². The molecule has 0 aromatic heterocycles. The van der Waals surface area contributed by atoms with Gasteiger partial charge in [0.2, 0.25) is 0 Å². The Bertz CT molecular complexity index is 421. The SMILES string of the molecule is CCCC=CC=CCC(O)C(O)CC(O)C(O)CCCCCCCC(=O)O. The van der Waals surface area contributed by atoms with Gasteiger partial charge in [0.25, 0.3) is 0 Å². The van der Waals surface area contributed by atoms with Crippen molar-refractivity contribution in [2.24, 2.45) is 0 Å². The molecule has 27 heavy (non-hydrogen) atoms. The predicted octanol–water partition coefficient (Wildman–Crippen LogP) is 2.94. The van der Waals surface area contributed by atoms with Crippen LogP contribution in [0.15, 0.2) is 24.3 Å². The Labute approximate surface area is 163 Å². The lowest BCUT2D eigenvalue weighted by molar-refractivity contribution is -0.137. The minimum atomic E-state index is -1.09. The summed E-state index contributed by atoms with van der Waals surface area (Å²) in [5, 5.41) is 48.4. The van der Waals surface area contributed by atoms with Crippen molar-refractivity contribution in [1.82, 2.24) is 0 Å². The van der Waals surface area contributed by atoms with Crippen molar-refractivity contribution in [2.75, 3.05) is 0 Å². The highest BCUT2D eigenvalue weighted by molar-refractivity contribution is 5.66. The van der Waals surface area contributed by atoms with Crippen molar-refractivity contribution in [2.45, 2.75) is 102 Å². The molecule has 0 aliphatic heterocycles. The lowest BCUT2D eigenvalue weighted by atomic mass is 9.97. The van der Waals surface area contributed by atoms with Crippen molar-refractivity contribution in [3.63, 3.8) is 0 Å². The molecule has 0 bridgehead atoms. The van der Waals surface area contributed by atoms with Gasteiger partial charge in [-0.05, 0) is 25.7 Å². The molecule has 4 atom stereocenters. The summed E-state index contributed by atoms with van der Waals surface area (Å²) in [6.07, 6.45) is 10.4. The molecule has 0 aliphatic rings. The number of rotatable bonds is 17. The summed E-state index contributed by atoms with van der Waals surface area (Å²) in [5.41, 5.74) is 0. The first-order valence-corrected chi connectivity index (χ1v) is 10.1. The molecular weight excluding hydrogens is 348 g/mol. The van der Waals surface area contributed by atoms with E-state index in [1.807, 2.05) is 18.2 Å². The Morgan fingerprint density at radius 3 is 2.07 bits per heavy atom. The number of aliphatic hydroxyl groups excluding tert-OH is 4. The maximum absolute atomic E-state index is 10.4. The summed E-state index contributed by atoms with van der Waals surface area (Å²) in [5.74, 6) is -0.780. The fraction of sp³-hybridized carbons (Fsp3) is 0.762. The zero-order chi connectivity index (χ0) is 20.5. The molecule has 0 saturated heterocycles. The van der Waals surface area contributed by atoms with Crippen molar-refractivity contribution < 1.29 is 30.3 Å². The van der Waals surface area contributed by atoms with E-state index in [2.05, 4.69) is 6.92 Å². The quantitative estimate of drug-likeness (QED) is 0.194. The third kappa shape index (κ3) is 15.5. The monoisotopic (exact) mass is 386 g/mol. The van der Waals surface area contributed by atoms with Gasteiger partial charge in [0.05, 0.1) is 24.4 Å². The van der Waals surface area contributed by atoms with Gasteiger partial charge in [-0.15, -0.1) is 0 Å². The minimum Gasteiger partial charge on any atom is -0.481 e. The number of carboxylic acids is 1. The van der Waals surface area contributed by atoms with Gasteiger partial charge in [0, 0.05) is 12.8 Å². The molecule has 6 heteroatoms. The number of unbranched alkanes of at least 4 members (excludes halogenated alkanes) is 5. The number of aliphatic carboxylic acids is 1. The molecular formula is C21H38O6. The zero-order valence-corrected chi connectivity index (χ0v) is 16.5. The van der Waals surface area contributed by atoms with Gasteiger partial charge < -0.3 is 25.5 Å². The highest BCUT2D eigenvalue weighted by Crippen LogP contribution is 2.15. The Morgan fingerprint density at radius 2 is 1.41 bits per heavy atom. The third-order valence-electron chi connectivity index (χ3n) is 4.48. The lowest BCUT2D eigenvalue weighted by Gasteiger charge is -2.23. The third-order valence-corrected chi connectivity index (χ3v) is 4.48. The Kier molecular flexibility index (Phi) is 16.2. The molecule has 0 saturated carbocycles. The van der Waals surface area contributed by atoms with Crippen molar-refractivity contribution >= 4 is 5.97 Å². The average molecular weight is 387 g/mol. The maximum atomic E-state index is 10.4. The zero-order valence-electron chi connectivity index (χ0n) is 16.5. The van der Waals surface area contributed by atoms with E-state index in [0.717, 1.165) is 38.5 Å². The van der Waals surface area contributed by atoms with E-state index in [1.165, 1.54) is 0 Å². The smallest absolute Gasteiger partial charge is 0.303 e.